The maximum Gasteiger partial charge on any atom is 0.326 e. The van der Waals surface area contributed by atoms with E-state index in [1.807, 2.05) is 55.5 Å². The molecule has 0 heterocycles. The number of carboxylic acid groups (broad SMARTS) is 1. The van der Waals surface area contributed by atoms with Crippen molar-refractivity contribution in [1.82, 2.24) is 5.32 Å². The van der Waals surface area contributed by atoms with Crippen LogP contribution >= 0.6 is 0 Å². The summed E-state index contributed by atoms with van der Waals surface area (Å²) in [6.07, 6.45) is 5.71. The fraction of sp³-hybridized carbons (Fsp3) is 0.261. The zero-order valence-electron chi connectivity index (χ0n) is 15.8. The Morgan fingerprint density at radius 1 is 1.07 bits per heavy atom. The van der Waals surface area contributed by atoms with Gasteiger partial charge < -0.3 is 10.4 Å². The van der Waals surface area contributed by atoms with Crippen molar-refractivity contribution in [3.63, 3.8) is 0 Å². The summed E-state index contributed by atoms with van der Waals surface area (Å²) in [4.78, 5) is 35.9. The number of hydrogen-bond donors (Lipinski definition) is 2. The van der Waals surface area contributed by atoms with Crippen LogP contribution in [0.5, 0.6) is 0 Å². The van der Waals surface area contributed by atoms with Crippen LogP contribution in [-0.4, -0.2) is 28.8 Å². The van der Waals surface area contributed by atoms with E-state index in [0.29, 0.717) is 18.4 Å². The van der Waals surface area contributed by atoms with Crippen LogP contribution in [0.4, 0.5) is 0 Å². The molecule has 0 radical (unpaired) electrons. The molecule has 0 bridgehead atoms. The topological polar surface area (TPSA) is 83.5 Å². The predicted octanol–water partition coefficient (Wildman–Crippen LogP) is 3.20. The maximum atomic E-state index is 12.7. The lowest BCUT2D eigenvalue weighted by Gasteiger charge is -2.16. The molecule has 5 heteroatoms. The number of carbonyl (C=O) groups is 3. The Balaban J connectivity index is 1.70. The van der Waals surface area contributed by atoms with E-state index in [1.165, 1.54) is 0 Å². The van der Waals surface area contributed by atoms with Gasteiger partial charge in [-0.15, -0.1) is 0 Å². The first-order valence-electron chi connectivity index (χ1n) is 9.39. The van der Waals surface area contributed by atoms with Crippen LogP contribution in [0.3, 0.4) is 0 Å². The fourth-order valence-electron chi connectivity index (χ4n) is 3.31. The third kappa shape index (κ3) is 4.55. The van der Waals surface area contributed by atoms with E-state index in [1.54, 1.807) is 6.07 Å². The molecule has 2 N–H and O–H groups in total. The van der Waals surface area contributed by atoms with Gasteiger partial charge in [0.2, 0.25) is 0 Å². The number of rotatable bonds is 8. The fourth-order valence-corrected chi connectivity index (χ4v) is 3.31. The molecule has 3 rings (SSSR count). The lowest BCUT2D eigenvalue weighted by Crippen LogP contribution is -2.42. The summed E-state index contributed by atoms with van der Waals surface area (Å²) in [6.45, 7) is 1.83. The third-order valence-electron chi connectivity index (χ3n) is 4.93. The van der Waals surface area contributed by atoms with Crippen LogP contribution in [0.2, 0.25) is 0 Å². The van der Waals surface area contributed by atoms with Gasteiger partial charge in [0, 0.05) is 24.8 Å². The lowest BCUT2D eigenvalue weighted by molar-refractivity contribution is -0.139. The molecule has 0 fully saturated rings. The molecule has 5 nitrogen and oxygen atoms in total. The normalized spacial score (nSPS) is 13.0. The van der Waals surface area contributed by atoms with Crippen LogP contribution < -0.4 is 5.32 Å². The summed E-state index contributed by atoms with van der Waals surface area (Å²) in [5, 5.41) is 12.2. The molecule has 1 unspecified atom stereocenters. The number of hydrogen-bond acceptors (Lipinski definition) is 3. The SMILES string of the molecule is CCC(=O)Cc1ccc(CC(NC(=O)c2cccc3c2C=CC3)C(=O)O)cc1. The van der Waals surface area contributed by atoms with Gasteiger partial charge in [-0.2, -0.15) is 0 Å². The molecule has 0 aromatic heterocycles. The Hall–Kier alpha value is -3.21. The molecule has 1 atom stereocenters. The largest absolute Gasteiger partial charge is 0.480 e. The minimum Gasteiger partial charge on any atom is -0.480 e. The predicted molar refractivity (Wildman–Crippen MR) is 107 cm³/mol. The molecule has 1 amide bonds. The van der Waals surface area contributed by atoms with Gasteiger partial charge in [0.1, 0.15) is 11.8 Å². The van der Waals surface area contributed by atoms with E-state index in [0.717, 1.165) is 28.7 Å². The van der Waals surface area contributed by atoms with E-state index in [-0.39, 0.29) is 18.1 Å². The van der Waals surface area contributed by atoms with Gasteiger partial charge in [0.05, 0.1) is 0 Å². The summed E-state index contributed by atoms with van der Waals surface area (Å²) in [6, 6.07) is 11.7. The number of carboxylic acids is 1. The molecule has 144 valence electrons. The first-order valence-corrected chi connectivity index (χ1v) is 9.39. The second-order valence-corrected chi connectivity index (χ2v) is 6.94. The molecule has 1 aliphatic rings. The van der Waals surface area contributed by atoms with Gasteiger partial charge in [-0.25, -0.2) is 4.79 Å². The van der Waals surface area contributed by atoms with E-state index in [4.69, 9.17) is 0 Å². The number of fused-ring (bicyclic) bond motifs is 1. The highest BCUT2D eigenvalue weighted by Gasteiger charge is 2.23. The highest BCUT2D eigenvalue weighted by Crippen LogP contribution is 2.23. The highest BCUT2D eigenvalue weighted by atomic mass is 16.4. The molecule has 0 saturated carbocycles. The third-order valence-corrected chi connectivity index (χ3v) is 4.93. The Kier molecular flexibility index (Phi) is 6.04. The number of benzene rings is 2. The van der Waals surface area contributed by atoms with E-state index in [9.17, 15) is 19.5 Å². The molecular formula is C23H23NO4. The zero-order valence-corrected chi connectivity index (χ0v) is 15.8. The average molecular weight is 377 g/mol. The Bertz CT molecular complexity index is 928. The van der Waals surface area contributed by atoms with Crippen molar-refractivity contribution in [1.29, 1.82) is 0 Å². The van der Waals surface area contributed by atoms with Gasteiger partial charge in [-0.3, -0.25) is 9.59 Å². The number of nitrogens with one attached hydrogen (secondary N) is 1. The van der Waals surface area contributed by atoms with Gasteiger partial charge in [0.15, 0.2) is 0 Å². The van der Waals surface area contributed by atoms with Crippen molar-refractivity contribution in [3.05, 3.63) is 76.4 Å². The highest BCUT2D eigenvalue weighted by molar-refractivity contribution is 6.00. The lowest BCUT2D eigenvalue weighted by atomic mass is 10.00. The van der Waals surface area contributed by atoms with Gasteiger partial charge in [-0.1, -0.05) is 55.5 Å². The Morgan fingerprint density at radius 2 is 1.79 bits per heavy atom. The van der Waals surface area contributed by atoms with Crippen molar-refractivity contribution in [2.75, 3.05) is 0 Å². The monoisotopic (exact) mass is 377 g/mol. The molecule has 0 saturated heterocycles. The molecular weight excluding hydrogens is 354 g/mol. The van der Waals surface area contributed by atoms with E-state index in [2.05, 4.69) is 5.32 Å². The Labute approximate surface area is 164 Å². The number of allylic oxidation sites excluding steroid dienone is 1. The quantitative estimate of drug-likeness (QED) is 0.740. The van der Waals surface area contributed by atoms with Crippen molar-refractivity contribution in [2.24, 2.45) is 0 Å². The minimum atomic E-state index is -1.08. The van der Waals surface area contributed by atoms with E-state index < -0.39 is 12.0 Å². The first-order chi connectivity index (χ1) is 13.5. The van der Waals surface area contributed by atoms with Crippen LogP contribution in [0.25, 0.3) is 6.08 Å². The molecule has 0 aliphatic heterocycles. The van der Waals surface area contributed by atoms with Gasteiger partial charge >= 0.3 is 5.97 Å². The molecule has 2 aromatic carbocycles. The number of amides is 1. The van der Waals surface area contributed by atoms with Gasteiger partial charge in [0.25, 0.3) is 5.91 Å². The standard InChI is InChI=1S/C23H23NO4/c1-2-18(25)13-15-9-11-16(12-10-15)14-21(23(27)28)24-22(26)20-8-4-6-17-5-3-7-19(17)20/h3-4,6-12,21H,2,5,13-14H2,1H3,(H,24,26)(H,27,28). The summed E-state index contributed by atoms with van der Waals surface area (Å²) in [5.74, 6) is -1.31. The molecule has 2 aromatic rings. The summed E-state index contributed by atoms with van der Waals surface area (Å²) >= 11 is 0. The van der Waals surface area contributed by atoms with Crippen molar-refractivity contribution >= 4 is 23.7 Å². The number of Topliss-reactive ketones (excluding diaryl/α,β-unsaturated/α-hetero) is 1. The van der Waals surface area contributed by atoms with Crippen LogP contribution in [0.15, 0.2) is 48.5 Å². The summed E-state index contributed by atoms with van der Waals surface area (Å²) in [5.41, 5.74) is 4.11. The zero-order chi connectivity index (χ0) is 20.1. The summed E-state index contributed by atoms with van der Waals surface area (Å²) < 4.78 is 0. The van der Waals surface area contributed by atoms with Crippen molar-refractivity contribution in [2.45, 2.75) is 38.6 Å². The number of aliphatic carboxylic acids is 1. The Morgan fingerprint density at radius 3 is 2.46 bits per heavy atom. The van der Waals surface area contributed by atoms with Crippen molar-refractivity contribution in [3.8, 4) is 0 Å². The minimum absolute atomic E-state index is 0.160. The maximum absolute atomic E-state index is 12.7. The second kappa shape index (κ2) is 8.65. The van der Waals surface area contributed by atoms with Crippen molar-refractivity contribution < 1.29 is 19.5 Å². The molecule has 0 spiro atoms. The summed E-state index contributed by atoms with van der Waals surface area (Å²) in [7, 11) is 0. The van der Waals surface area contributed by atoms with E-state index >= 15 is 0 Å². The van der Waals surface area contributed by atoms with Crippen LogP contribution in [0.1, 0.15) is 46.0 Å². The first kappa shape index (κ1) is 19.5. The second-order valence-electron chi connectivity index (χ2n) is 6.94. The van der Waals surface area contributed by atoms with Gasteiger partial charge in [-0.05, 0) is 34.7 Å². The van der Waals surface area contributed by atoms with Crippen LogP contribution in [0, 0.1) is 0 Å². The number of carbonyl (C=O) groups excluding carboxylic acids is 2. The average Bonchev–Trinajstić information content (AvgIpc) is 3.17. The molecule has 28 heavy (non-hydrogen) atoms. The smallest absolute Gasteiger partial charge is 0.326 e. The number of ketones is 1. The van der Waals surface area contributed by atoms with Crippen LogP contribution in [-0.2, 0) is 28.9 Å². The molecule has 1 aliphatic carbocycles.